The average Bonchev–Trinajstić information content (AvgIpc) is 3.01. The quantitative estimate of drug-likeness (QED) is 0.780. The van der Waals surface area contributed by atoms with Gasteiger partial charge in [0.25, 0.3) is 0 Å². The third-order valence-electron chi connectivity index (χ3n) is 2.39. The molecule has 2 heterocycles. The van der Waals surface area contributed by atoms with Gasteiger partial charge in [-0.25, -0.2) is 9.97 Å². The minimum Gasteiger partial charge on any atom is -0.253 e. The summed E-state index contributed by atoms with van der Waals surface area (Å²) in [6.07, 6.45) is 6.01. The Kier molecular flexibility index (Phi) is 1.77. The first-order valence-corrected chi connectivity index (χ1v) is 5.41. The first-order chi connectivity index (χ1) is 6.84. The van der Waals surface area contributed by atoms with E-state index < -0.39 is 0 Å². The van der Waals surface area contributed by atoms with Crippen LogP contribution < -0.4 is 0 Å². The van der Waals surface area contributed by atoms with Gasteiger partial charge < -0.3 is 0 Å². The highest BCUT2D eigenvalue weighted by molar-refractivity contribution is 9.10. The van der Waals surface area contributed by atoms with Crippen molar-refractivity contribution in [2.45, 2.75) is 18.8 Å². The molecule has 3 nitrogen and oxygen atoms in total. The molecule has 1 aliphatic carbocycles. The Bertz CT molecular complexity index is 494. The van der Waals surface area contributed by atoms with Gasteiger partial charge in [0.05, 0.1) is 6.20 Å². The van der Waals surface area contributed by atoms with Gasteiger partial charge in [-0.05, 0) is 34.8 Å². The highest BCUT2D eigenvalue weighted by atomic mass is 79.9. The molecular formula is C10H8BrN3. The molecule has 0 aromatic carbocycles. The monoisotopic (exact) mass is 249 g/mol. The summed E-state index contributed by atoms with van der Waals surface area (Å²) < 4.78 is 0.992. The topological polar surface area (TPSA) is 38.7 Å². The molecule has 70 valence electrons. The van der Waals surface area contributed by atoms with E-state index in [0.29, 0.717) is 5.92 Å². The number of nitrogens with zero attached hydrogens (tertiary/aromatic N) is 3. The van der Waals surface area contributed by atoms with E-state index in [-0.39, 0.29) is 0 Å². The molecule has 4 heteroatoms. The normalized spacial score (nSPS) is 16.1. The fourth-order valence-corrected chi connectivity index (χ4v) is 1.87. The van der Waals surface area contributed by atoms with Crippen LogP contribution in [0.25, 0.3) is 11.0 Å². The molecule has 0 saturated heterocycles. The first kappa shape index (κ1) is 8.29. The second kappa shape index (κ2) is 2.98. The summed E-state index contributed by atoms with van der Waals surface area (Å²) in [6.45, 7) is 0. The maximum absolute atomic E-state index is 4.52. The highest BCUT2D eigenvalue weighted by Gasteiger charge is 2.26. The van der Waals surface area contributed by atoms with E-state index in [0.717, 1.165) is 21.3 Å². The van der Waals surface area contributed by atoms with Crippen molar-refractivity contribution in [2.75, 3.05) is 0 Å². The number of fused-ring (bicyclic) bond motifs is 1. The molecule has 0 N–H and O–H groups in total. The summed E-state index contributed by atoms with van der Waals surface area (Å²) in [5.74, 6) is 1.55. The first-order valence-electron chi connectivity index (χ1n) is 4.62. The van der Waals surface area contributed by atoms with Crippen LogP contribution >= 0.6 is 15.9 Å². The molecule has 0 atom stereocenters. The summed E-state index contributed by atoms with van der Waals surface area (Å²) in [7, 11) is 0. The maximum Gasteiger partial charge on any atom is 0.132 e. The number of pyridine rings is 1. The summed E-state index contributed by atoms with van der Waals surface area (Å²) >= 11 is 3.47. The van der Waals surface area contributed by atoms with Crippen molar-refractivity contribution in [2.24, 2.45) is 0 Å². The number of hydrogen-bond acceptors (Lipinski definition) is 3. The van der Waals surface area contributed by atoms with Crippen molar-refractivity contribution in [3.05, 3.63) is 28.8 Å². The molecule has 0 amide bonds. The lowest BCUT2D eigenvalue weighted by Crippen LogP contribution is -1.94. The van der Waals surface area contributed by atoms with Crippen molar-refractivity contribution in [1.82, 2.24) is 15.0 Å². The standard InChI is InChI=1S/C10H8BrN3/c11-7-3-4-12-8-5-13-10(6-1-2-6)14-9(7)8/h3-6H,1-2H2. The SMILES string of the molecule is Brc1ccnc2cnc(C3CC3)nc12. The van der Waals surface area contributed by atoms with E-state index in [1.807, 2.05) is 6.07 Å². The van der Waals surface area contributed by atoms with E-state index in [1.54, 1.807) is 12.4 Å². The van der Waals surface area contributed by atoms with Crippen LogP contribution in [0.2, 0.25) is 0 Å². The molecule has 2 aromatic rings. The number of halogens is 1. The molecule has 1 fully saturated rings. The second-order valence-electron chi connectivity index (χ2n) is 3.53. The second-order valence-corrected chi connectivity index (χ2v) is 4.38. The van der Waals surface area contributed by atoms with Gasteiger partial charge in [0, 0.05) is 16.6 Å². The molecule has 3 rings (SSSR count). The van der Waals surface area contributed by atoms with Gasteiger partial charge in [-0.3, -0.25) is 4.98 Å². The van der Waals surface area contributed by atoms with Crippen molar-refractivity contribution >= 4 is 27.0 Å². The van der Waals surface area contributed by atoms with Crippen LogP contribution in [0, 0.1) is 0 Å². The Hall–Kier alpha value is -1.03. The van der Waals surface area contributed by atoms with E-state index >= 15 is 0 Å². The molecular weight excluding hydrogens is 242 g/mol. The molecule has 0 bridgehead atoms. The zero-order valence-electron chi connectivity index (χ0n) is 7.44. The molecule has 0 radical (unpaired) electrons. The minimum absolute atomic E-state index is 0.589. The predicted molar refractivity (Wildman–Crippen MR) is 57.0 cm³/mol. The van der Waals surface area contributed by atoms with Gasteiger partial charge in [0.2, 0.25) is 0 Å². The van der Waals surface area contributed by atoms with E-state index in [4.69, 9.17) is 0 Å². The summed E-state index contributed by atoms with van der Waals surface area (Å²) in [6, 6.07) is 1.91. The lowest BCUT2D eigenvalue weighted by Gasteiger charge is -2.00. The van der Waals surface area contributed by atoms with Crippen LogP contribution in [0.3, 0.4) is 0 Å². The Morgan fingerprint density at radius 1 is 1.29 bits per heavy atom. The van der Waals surface area contributed by atoms with Crippen LogP contribution in [0.15, 0.2) is 22.9 Å². The van der Waals surface area contributed by atoms with E-state index in [1.165, 1.54) is 12.8 Å². The molecule has 14 heavy (non-hydrogen) atoms. The Morgan fingerprint density at radius 3 is 2.93 bits per heavy atom. The molecule has 2 aromatic heterocycles. The van der Waals surface area contributed by atoms with Gasteiger partial charge >= 0.3 is 0 Å². The summed E-state index contributed by atoms with van der Waals surface area (Å²) in [4.78, 5) is 13.0. The van der Waals surface area contributed by atoms with Crippen molar-refractivity contribution < 1.29 is 0 Å². The number of hydrogen-bond donors (Lipinski definition) is 0. The van der Waals surface area contributed by atoms with Gasteiger partial charge in [0.1, 0.15) is 16.9 Å². The van der Waals surface area contributed by atoms with Crippen molar-refractivity contribution in [1.29, 1.82) is 0 Å². The maximum atomic E-state index is 4.52. The van der Waals surface area contributed by atoms with Gasteiger partial charge in [-0.15, -0.1) is 0 Å². The van der Waals surface area contributed by atoms with Crippen molar-refractivity contribution in [3.8, 4) is 0 Å². The third-order valence-corrected chi connectivity index (χ3v) is 3.03. The Morgan fingerprint density at radius 2 is 2.14 bits per heavy atom. The van der Waals surface area contributed by atoms with Gasteiger partial charge in [-0.2, -0.15) is 0 Å². The molecule has 0 spiro atoms. The van der Waals surface area contributed by atoms with Crippen LogP contribution in [-0.2, 0) is 0 Å². The molecule has 1 saturated carbocycles. The van der Waals surface area contributed by atoms with Crippen LogP contribution in [-0.4, -0.2) is 15.0 Å². The number of aromatic nitrogens is 3. The largest absolute Gasteiger partial charge is 0.253 e. The predicted octanol–water partition coefficient (Wildman–Crippen LogP) is 2.66. The molecule has 0 aliphatic heterocycles. The lowest BCUT2D eigenvalue weighted by atomic mass is 10.3. The molecule has 1 aliphatic rings. The van der Waals surface area contributed by atoms with Crippen molar-refractivity contribution in [3.63, 3.8) is 0 Å². The zero-order chi connectivity index (χ0) is 9.54. The lowest BCUT2D eigenvalue weighted by molar-refractivity contribution is 0.943. The third kappa shape index (κ3) is 1.30. The van der Waals surface area contributed by atoms with E-state index in [9.17, 15) is 0 Å². The summed E-state index contributed by atoms with van der Waals surface area (Å²) in [5, 5.41) is 0. The molecule has 0 unspecified atom stereocenters. The Balaban J connectivity index is 2.25. The Labute approximate surface area is 89.7 Å². The minimum atomic E-state index is 0.589. The number of rotatable bonds is 1. The smallest absolute Gasteiger partial charge is 0.132 e. The fraction of sp³-hybridized carbons (Fsp3) is 0.300. The van der Waals surface area contributed by atoms with E-state index in [2.05, 4.69) is 30.9 Å². The summed E-state index contributed by atoms with van der Waals surface area (Å²) in [5.41, 5.74) is 1.77. The van der Waals surface area contributed by atoms with Crippen LogP contribution in [0.5, 0.6) is 0 Å². The zero-order valence-corrected chi connectivity index (χ0v) is 9.03. The van der Waals surface area contributed by atoms with Crippen LogP contribution in [0.1, 0.15) is 24.6 Å². The van der Waals surface area contributed by atoms with Gasteiger partial charge in [0.15, 0.2) is 0 Å². The highest BCUT2D eigenvalue weighted by Crippen LogP contribution is 2.38. The fourth-order valence-electron chi connectivity index (χ4n) is 1.46. The average molecular weight is 250 g/mol. The van der Waals surface area contributed by atoms with Crippen LogP contribution in [0.4, 0.5) is 0 Å². The van der Waals surface area contributed by atoms with Gasteiger partial charge in [-0.1, -0.05) is 0 Å².